The molecular weight excluding hydrogens is 370 g/mol. The van der Waals surface area contributed by atoms with E-state index in [-0.39, 0.29) is 24.4 Å². The zero-order valence-electron chi connectivity index (χ0n) is 14.6. The van der Waals surface area contributed by atoms with Crippen LogP contribution in [-0.4, -0.2) is 30.6 Å². The first-order valence-corrected chi connectivity index (χ1v) is 8.39. The lowest BCUT2D eigenvalue weighted by Crippen LogP contribution is -2.29. The van der Waals surface area contributed by atoms with Gasteiger partial charge in [0, 0.05) is 17.8 Å². The molecule has 0 aliphatic carbocycles. The van der Waals surface area contributed by atoms with Gasteiger partial charge in [0.15, 0.2) is 0 Å². The van der Waals surface area contributed by atoms with Crippen LogP contribution in [0.1, 0.15) is 23.2 Å². The quantitative estimate of drug-likeness (QED) is 0.699. The molecule has 2 aromatic rings. The normalized spacial score (nSPS) is 18.4. The number of hydrogen-bond acceptors (Lipinski definition) is 5. The molecule has 1 aliphatic rings. The molecule has 1 saturated heterocycles. The summed E-state index contributed by atoms with van der Waals surface area (Å²) in [6.07, 6.45) is 0.963. The number of benzene rings is 2. The molecule has 0 unspecified atom stereocenters. The van der Waals surface area contributed by atoms with Crippen molar-refractivity contribution in [3.05, 3.63) is 54.1 Å². The van der Waals surface area contributed by atoms with Crippen LogP contribution >= 0.6 is 12.4 Å². The van der Waals surface area contributed by atoms with E-state index in [0.29, 0.717) is 35.7 Å². The minimum atomic E-state index is -0.514. The van der Waals surface area contributed by atoms with Crippen LogP contribution < -0.4 is 21.5 Å². The molecule has 8 heteroatoms. The molecule has 1 fully saturated rings. The van der Waals surface area contributed by atoms with E-state index in [0.717, 1.165) is 6.42 Å². The monoisotopic (exact) mass is 391 g/mol. The fraction of sp³-hybridized carbons (Fsp3) is 0.263. The highest BCUT2D eigenvalue weighted by Gasteiger charge is 2.29. The third-order valence-electron chi connectivity index (χ3n) is 4.14. The van der Waals surface area contributed by atoms with E-state index in [1.54, 1.807) is 48.5 Å². The summed E-state index contributed by atoms with van der Waals surface area (Å²) in [5, 5.41) is 2.82. The average molecular weight is 392 g/mol. The van der Waals surface area contributed by atoms with Gasteiger partial charge in [-0.3, -0.25) is 9.59 Å². The third kappa shape index (κ3) is 5.43. The maximum atomic E-state index is 12.2. The van der Waals surface area contributed by atoms with Crippen LogP contribution in [0.5, 0.6) is 11.5 Å². The summed E-state index contributed by atoms with van der Waals surface area (Å²) in [5.41, 5.74) is 11.8. The number of amides is 2. The molecule has 3 rings (SSSR count). The second-order valence-corrected chi connectivity index (χ2v) is 6.07. The van der Waals surface area contributed by atoms with Crippen molar-refractivity contribution in [2.45, 2.75) is 25.0 Å². The van der Waals surface area contributed by atoms with Gasteiger partial charge >= 0.3 is 0 Å². The Morgan fingerprint density at radius 3 is 2.48 bits per heavy atom. The van der Waals surface area contributed by atoms with Crippen LogP contribution in [0.4, 0.5) is 5.69 Å². The van der Waals surface area contributed by atoms with E-state index in [2.05, 4.69) is 5.32 Å². The Kier molecular flexibility index (Phi) is 7.18. The molecule has 2 atom stereocenters. The number of ether oxygens (including phenoxy) is 2. The maximum absolute atomic E-state index is 12.2. The van der Waals surface area contributed by atoms with Crippen LogP contribution in [0.2, 0.25) is 0 Å². The van der Waals surface area contributed by atoms with Gasteiger partial charge < -0.3 is 26.3 Å². The Balaban J connectivity index is 0.00000261. The van der Waals surface area contributed by atoms with Gasteiger partial charge in [-0.25, -0.2) is 0 Å². The van der Waals surface area contributed by atoms with Gasteiger partial charge in [-0.1, -0.05) is 6.07 Å². The van der Waals surface area contributed by atoms with Crippen LogP contribution in [0.15, 0.2) is 48.5 Å². The smallest absolute Gasteiger partial charge is 0.253 e. The zero-order valence-corrected chi connectivity index (χ0v) is 15.4. The van der Waals surface area contributed by atoms with Crippen LogP contribution in [0.25, 0.3) is 0 Å². The molecule has 0 spiro atoms. The number of nitrogens with one attached hydrogen (secondary N) is 1. The minimum Gasteiger partial charge on any atom is -0.457 e. The molecule has 2 aromatic carbocycles. The predicted octanol–water partition coefficient (Wildman–Crippen LogP) is 2.44. The first-order valence-electron chi connectivity index (χ1n) is 8.39. The van der Waals surface area contributed by atoms with Gasteiger partial charge in [-0.2, -0.15) is 0 Å². The Morgan fingerprint density at radius 1 is 1.11 bits per heavy atom. The number of rotatable bonds is 6. The Hall–Kier alpha value is -2.61. The molecule has 7 nitrogen and oxygen atoms in total. The molecule has 2 amide bonds. The van der Waals surface area contributed by atoms with Gasteiger partial charge in [0.2, 0.25) is 5.91 Å². The lowest BCUT2D eigenvalue weighted by atomic mass is 10.2. The van der Waals surface area contributed by atoms with Gasteiger partial charge in [-0.15, -0.1) is 12.4 Å². The molecule has 5 N–H and O–H groups in total. The minimum absolute atomic E-state index is 0. The summed E-state index contributed by atoms with van der Waals surface area (Å²) in [4.78, 5) is 23.4. The number of carbonyl (C=O) groups excluding carboxylic acids is 2. The van der Waals surface area contributed by atoms with E-state index >= 15 is 0 Å². The van der Waals surface area contributed by atoms with Crippen LogP contribution in [-0.2, 0) is 9.53 Å². The van der Waals surface area contributed by atoms with E-state index in [1.165, 1.54) is 0 Å². The number of carbonyl (C=O) groups is 2. The lowest BCUT2D eigenvalue weighted by Gasteiger charge is -2.13. The third-order valence-corrected chi connectivity index (χ3v) is 4.14. The summed E-state index contributed by atoms with van der Waals surface area (Å²) < 4.78 is 11.3. The first-order chi connectivity index (χ1) is 12.5. The van der Waals surface area contributed by atoms with Crippen molar-refractivity contribution >= 4 is 29.9 Å². The van der Waals surface area contributed by atoms with Gasteiger partial charge in [-0.05, 0) is 55.3 Å². The summed E-state index contributed by atoms with van der Waals surface area (Å²) in [5.74, 6) is 0.387. The largest absolute Gasteiger partial charge is 0.457 e. The van der Waals surface area contributed by atoms with Crippen molar-refractivity contribution in [1.82, 2.24) is 0 Å². The number of primary amides is 1. The highest BCUT2D eigenvalue weighted by atomic mass is 35.5. The van der Waals surface area contributed by atoms with Crippen molar-refractivity contribution in [3.8, 4) is 11.5 Å². The molecule has 0 bridgehead atoms. The number of hydrogen-bond donors (Lipinski definition) is 3. The number of anilines is 1. The van der Waals surface area contributed by atoms with E-state index in [9.17, 15) is 9.59 Å². The molecule has 0 radical (unpaired) electrons. The predicted molar refractivity (Wildman–Crippen MR) is 104 cm³/mol. The molecular formula is C19H22ClN3O4. The number of halogens is 1. The van der Waals surface area contributed by atoms with Gasteiger partial charge in [0.1, 0.15) is 17.6 Å². The SMILES string of the molecule is Cl.NC[C@H]1CC[C@@H](C(=O)Nc2ccc(Oc3cccc(C(N)=O)c3)cc2)O1. The molecule has 27 heavy (non-hydrogen) atoms. The van der Waals surface area contributed by atoms with E-state index in [4.69, 9.17) is 20.9 Å². The first kappa shape index (κ1) is 20.7. The second-order valence-electron chi connectivity index (χ2n) is 6.07. The molecule has 144 valence electrons. The zero-order chi connectivity index (χ0) is 18.5. The van der Waals surface area contributed by atoms with Crippen molar-refractivity contribution < 1.29 is 19.1 Å². The van der Waals surface area contributed by atoms with Crippen molar-refractivity contribution in [3.63, 3.8) is 0 Å². The molecule has 0 aromatic heterocycles. The summed E-state index contributed by atoms with van der Waals surface area (Å²) >= 11 is 0. The average Bonchev–Trinajstić information content (AvgIpc) is 3.13. The fourth-order valence-corrected chi connectivity index (χ4v) is 2.75. The summed E-state index contributed by atoms with van der Waals surface area (Å²) in [6.45, 7) is 0.423. The second kappa shape index (κ2) is 9.36. The van der Waals surface area contributed by atoms with Crippen molar-refractivity contribution in [2.24, 2.45) is 11.5 Å². The van der Waals surface area contributed by atoms with Gasteiger partial charge in [0.05, 0.1) is 6.10 Å². The van der Waals surface area contributed by atoms with E-state index < -0.39 is 12.0 Å². The Labute approximate surface area is 163 Å². The van der Waals surface area contributed by atoms with Crippen LogP contribution in [0.3, 0.4) is 0 Å². The Morgan fingerprint density at radius 2 is 1.85 bits per heavy atom. The molecule has 1 aliphatic heterocycles. The van der Waals surface area contributed by atoms with Gasteiger partial charge in [0.25, 0.3) is 5.91 Å². The standard InChI is InChI=1S/C19H21N3O4.ClH/c20-11-16-8-9-17(26-16)19(24)22-13-4-6-14(7-5-13)25-15-3-1-2-12(10-15)18(21)23;/h1-7,10,16-17H,8-9,11,20H2,(H2,21,23)(H,22,24);1H/t16-,17+;/m1./s1. The van der Waals surface area contributed by atoms with Crippen molar-refractivity contribution in [2.75, 3.05) is 11.9 Å². The lowest BCUT2D eigenvalue weighted by molar-refractivity contribution is -0.126. The number of nitrogens with two attached hydrogens (primary N) is 2. The highest BCUT2D eigenvalue weighted by molar-refractivity contribution is 5.94. The van der Waals surface area contributed by atoms with Crippen molar-refractivity contribution in [1.29, 1.82) is 0 Å². The summed E-state index contributed by atoms with van der Waals surface area (Å²) in [7, 11) is 0. The highest BCUT2D eigenvalue weighted by Crippen LogP contribution is 2.25. The maximum Gasteiger partial charge on any atom is 0.253 e. The topological polar surface area (TPSA) is 117 Å². The molecule has 0 saturated carbocycles. The summed E-state index contributed by atoms with van der Waals surface area (Å²) in [6, 6.07) is 13.5. The molecule has 1 heterocycles. The van der Waals surface area contributed by atoms with E-state index in [1.807, 2.05) is 0 Å². The Bertz CT molecular complexity index is 798. The van der Waals surface area contributed by atoms with Crippen LogP contribution in [0, 0.1) is 0 Å². The fourth-order valence-electron chi connectivity index (χ4n) is 2.75.